The standard InChI is InChI=1S/C56H36BNO3Si/c1-4-18-38(19-5-1)62(39-20-6-2-7-21-39,40-22-8-3-9-23-40)41-32-33-49(58-47-28-14-10-24-42(47)43-25-11-15-29-48(43)58)45(36-41)37-34-52-54-53(35-37)60-55-44-26-12-16-30-50(44)61-56(55)57(54)46-27-13-17-31-51(46)59-52/h1-36H. The molecule has 0 aliphatic carbocycles. The normalized spacial score (nSPS) is 12.7. The summed E-state index contributed by atoms with van der Waals surface area (Å²) in [5, 5.41) is 8.62. The van der Waals surface area contributed by atoms with Crippen LogP contribution in [0.25, 0.3) is 49.6 Å². The zero-order chi connectivity index (χ0) is 40.8. The zero-order valence-electron chi connectivity index (χ0n) is 33.5. The number of fused-ring (bicyclic) bond motifs is 9. The Balaban J connectivity index is 1.14. The van der Waals surface area contributed by atoms with E-state index in [9.17, 15) is 0 Å². The fraction of sp³-hybridized carbons (Fsp3) is 0. The van der Waals surface area contributed by atoms with Crippen molar-refractivity contribution in [3.05, 3.63) is 218 Å². The lowest BCUT2D eigenvalue weighted by Gasteiger charge is -2.35. The molecule has 0 amide bonds. The first-order valence-electron chi connectivity index (χ1n) is 21.2. The molecule has 4 nitrogen and oxygen atoms in total. The molecule has 6 heteroatoms. The lowest BCUT2D eigenvalue weighted by Crippen LogP contribution is -2.74. The van der Waals surface area contributed by atoms with Crippen LogP contribution in [0.2, 0.25) is 0 Å². The van der Waals surface area contributed by atoms with Crippen molar-refractivity contribution < 1.29 is 13.9 Å². The molecule has 0 saturated heterocycles. The summed E-state index contributed by atoms with van der Waals surface area (Å²) in [5.74, 6) is 3.12. The number of para-hydroxylation sites is 4. The number of furan rings is 1. The van der Waals surface area contributed by atoms with Crippen LogP contribution < -0.4 is 46.8 Å². The van der Waals surface area contributed by atoms with Gasteiger partial charge in [0.2, 0.25) is 0 Å². The summed E-state index contributed by atoms with van der Waals surface area (Å²) in [6.45, 7) is -0.187. The highest BCUT2D eigenvalue weighted by atomic mass is 28.3. The lowest BCUT2D eigenvalue weighted by molar-refractivity contribution is 0.461. The number of ether oxygens (including phenoxy) is 2. The number of hydrogen-bond acceptors (Lipinski definition) is 3. The van der Waals surface area contributed by atoms with Gasteiger partial charge in [0.15, 0.2) is 13.8 Å². The van der Waals surface area contributed by atoms with Crippen molar-refractivity contribution >= 4 is 84.9 Å². The van der Waals surface area contributed by atoms with Crippen molar-refractivity contribution in [1.29, 1.82) is 0 Å². The molecule has 62 heavy (non-hydrogen) atoms. The maximum atomic E-state index is 7.06. The van der Waals surface area contributed by atoms with E-state index < -0.39 is 8.07 Å². The monoisotopic (exact) mass is 809 g/mol. The Labute approximate surface area is 360 Å². The van der Waals surface area contributed by atoms with Crippen molar-refractivity contribution in [3.8, 4) is 39.8 Å². The summed E-state index contributed by atoms with van der Waals surface area (Å²) in [5.41, 5.74) is 9.12. The van der Waals surface area contributed by atoms with Crippen LogP contribution in [0.5, 0.6) is 23.0 Å². The number of nitrogens with zero attached hydrogens (tertiary/aromatic N) is 1. The molecule has 0 unspecified atom stereocenters. The van der Waals surface area contributed by atoms with Crippen LogP contribution >= 0.6 is 0 Å². The Kier molecular flexibility index (Phi) is 7.69. The fourth-order valence-electron chi connectivity index (χ4n) is 10.5. The van der Waals surface area contributed by atoms with E-state index in [1.807, 2.05) is 24.3 Å². The van der Waals surface area contributed by atoms with Gasteiger partial charge in [-0.05, 0) is 80.3 Å². The molecule has 0 saturated carbocycles. The first kappa shape index (κ1) is 35.0. The minimum absolute atomic E-state index is 0.187. The first-order chi connectivity index (χ1) is 30.8. The van der Waals surface area contributed by atoms with E-state index in [2.05, 4.69) is 199 Å². The Morgan fingerprint density at radius 2 is 0.952 bits per heavy atom. The van der Waals surface area contributed by atoms with Gasteiger partial charge in [-0.2, -0.15) is 0 Å². The molecule has 2 aliphatic heterocycles. The largest absolute Gasteiger partial charge is 0.466 e. The van der Waals surface area contributed by atoms with Gasteiger partial charge in [0.05, 0.1) is 22.1 Å². The summed E-state index contributed by atoms with van der Waals surface area (Å²) >= 11 is 0. The van der Waals surface area contributed by atoms with Crippen LogP contribution in [0.1, 0.15) is 0 Å². The number of rotatable bonds is 6. The third kappa shape index (κ3) is 5.01. The molecule has 0 radical (unpaired) electrons. The Morgan fingerprint density at radius 1 is 0.419 bits per heavy atom. The molecule has 11 aromatic rings. The maximum Gasteiger partial charge on any atom is 0.305 e. The van der Waals surface area contributed by atoms with Crippen molar-refractivity contribution in [3.63, 3.8) is 0 Å². The second-order valence-electron chi connectivity index (χ2n) is 16.3. The SMILES string of the molecule is c1ccc([Si](c2ccccc2)(c2ccccc2)c2ccc(-n3c4ccccc4c4ccccc43)c(-c3cc4c5c(c3)Oc3c(oc6ccccc36)B5c3ccccc3O4)c2)cc1. The van der Waals surface area contributed by atoms with E-state index in [1.54, 1.807) is 0 Å². The zero-order valence-corrected chi connectivity index (χ0v) is 34.5. The van der Waals surface area contributed by atoms with E-state index in [0.29, 0.717) is 0 Å². The first-order valence-corrected chi connectivity index (χ1v) is 23.2. The average molecular weight is 810 g/mol. The number of aromatic nitrogens is 1. The molecule has 9 aromatic carbocycles. The van der Waals surface area contributed by atoms with Gasteiger partial charge in [-0.3, -0.25) is 0 Å². The summed E-state index contributed by atoms with van der Waals surface area (Å²) in [6, 6.07) is 79.0. The van der Waals surface area contributed by atoms with E-state index in [1.165, 1.54) is 31.5 Å². The van der Waals surface area contributed by atoms with Crippen molar-refractivity contribution in [2.45, 2.75) is 0 Å². The summed E-state index contributed by atoms with van der Waals surface area (Å²) in [7, 11) is -2.93. The second-order valence-corrected chi connectivity index (χ2v) is 20.1. The highest BCUT2D eigenvalue weighted by Gasteiger charge is 2.45. The van der Waals surface area contributed by atoms with Crippen LogP contribution in [-0.4, -0.2) is 19.4 Å². The molecule has 290 valence electrons. The third-order valence-corrected chi connectivity index (χ3v) is 17.8. The molecular formula is C56H36BNO3Si. The Hall–Kier alpha value is -7.80. The van der Waals surface area contributed by atoms with E-state index in [0.717, 1.165) is 78.4 Å². The summed E-state index contributed by atoms with van der Waals surface area (Å²) < 4.78 is 23.1. The molecule has 0 N–H and O–H groups in total. The van der Waals surface area contributed by atoms with Gasteiger partial charge in [0, 0.05) is 21.8 Å². The quantitative estimate of drug-likeness (QED) is 0.124. The highest BCUT2D eigenvalue weighted by Crippen LogP contribution is 2.43. The summed E-state index contributed by atoms with van der Waals surface area (Å²) in [4.78, 5) is 0. The van der Waals surface area contributed by atoms with Crippen molar-refractivity contribution in [1.82, 2.24) is 4.57 Å². The number of hydrogen-bond donors (Lipinski definition) is 0. The molecule has 4 heterocycles. The van der Waals surface area contributed by atoms with Gasteiger partial charge in [0.25, 0.3) is 0 Å². The van der Waals surface area contributed by atoms with Crippen LogP contribution in [0, 0.1) is 0 Å². The van der Waals surface area contributed by atoms with Crippen LogP contribution in [0.15, 0.2) is 223 Å². The Bertz CT molecular complexity index is 3390. The number of benzene rings is 9. The predicted octanol–water partition coefficient (Wildman–Crippen LogP) is 9.30. The van der Waals surface area contributed by atoms with Crippen LogP contribution in [-0.2, 0) is 0 Å². The molecular weight excluding hydrogens is 774 g/mol. The molecule has 2 aliphatic rings. The second kappa shape index (κ2) is 13.6. The van der Waals surface area contributed by atoms with Gasteiger partial charge >= 0.3 is 6.71 Å². The van der Waals surface area contributed by atoms with Crippen molar-refractivity contribution in [2.24, 2.45) is 0 Å². The summed E-state index contributed by atoms with van der Waals surface area (Å²) in [6.07, 6.45) is 0. The van der Waals surface area contributed by atoms with E-state index in [-0.39, 0.29) is 6.71 Å². The average Bonchev–Trinajstić information content (AvgIpc) is 3.88. The van der Waals surface area contributed by atoms with Gasteiger partial charge < -0.3 is 18.5 Å². The van der Waals surface area contributed by atoms with Gasteiger partial charge in [-0.1, -0.05) is 170 Å². The molecule has 13 rings (SSSR count). The molecule has 0 atom stereocenters. The van der Waals surface area contributed by atoms with E-state index >= 15 is 0 Å². The fourth-order valence-corrected chi connectivity index (χ4v) is 15.2. The minimum atomic E-state index is -2.93. The maximum absolute atomic E-state index is 7.06. The minimum Gasteiger partial charge on any atom is -0.466 e. The van der Waals surface area contributed by atoms with Gasteiger partial charge in [-0.25, -0.2) is 0 Å². The van der Waals surface area contributed by atoms with Gasteiger partial charge in [-0.15, -0.1) is 0 Å². The Morgan fingerprint density at radius 3 is 1.60 bits per heavy atom. The van der Waals surface area contributed by atoms with Gasteiger partial charge in [0.1, 0.15) is 28.5 Å². The van der Waals surface area contributed by atoms with Crippen molar-refractivity contribution in [2.75, 3.05) is 0 Å². The van der Waals surface area contributed by atoms with Crippen LogP contribution in [0.4, 0.5) is 0 Å². The molecule has 0 spiro atoms. The van der Waals surface area contributed by atoms with E-state index in [4.69, 9.17) is 13.9 Å². The smallest absolute Gasteiger partial charge is 0.305 e. The molecule has 0 fully saturated rings. The highest BCUT2D eigenvalue weighted by molar-refractivity contribution is 7.20. The lowest BCUT2D eigenvalue weighted by atomic mass is 9.37. The topological polar surface area (TPSA) is 36.5 Å². The predicted molar refractivity (Wildman–Crippen MR) is 257 cm³/mol. The van der Waals surface area contributed by atoms with Crippen LogP contribution in [0.3, 0.4) is 0 Å². The molecule has 0 bridgehead atoms. The molecule has 2 aromatic heterocycles. The third-order valence-electron chi connectivity index (χ3n) is 13.1.